The summed E-state index contributed by atoms with van der Waals surface area (Å²) >= 11 is 9.81. The molecule has 3 rings (SSSR count). The van der Waals surface area contributed by atoms with Crippen molar-refractivity contribution in [2.24, 2.45) is 5.92 Å². The van der Waals surface area contributed by atoms with Gasteiger partial charge in [-0.05, 0) is 54.0 Å². The van der Waals surface area contributed by atoms with Crippen molar-refractivity contribution in [3.05, 3.63) is 45.4 Å². The number of pyridine rings is 1. The monoisotopic (exact) mass is 438 g/mol. The Labute approximate surface area is 166 Å². The second-order valence-electron chi connectivity index (χ2n) is 6.35. The van der Waals surface area contributed by atoms with Gasteiger partial charge in [-0.2, -0.15) is 0 Å². The van der Waals surface area contributed by atoms with Crippen molar-refractivity contribution < 1.29 is 14.6 Å². The molecule has 1 aromatic heterocycles. The lowest BCUT2D eigenvalue weighted by Gasteiger charge is -2.30. The number of hydrogen-bond donors (Lipinski definition) is 1. The van der Waals surface area contributed by atoms with Crippen LogP contribution in [-0.2, 0) is 11.3 Å². The van der Waals surface area contributed by atoms with Gasteiger partial charge in [-0.25, -0.2) is 4.98 Å². The molecule has 1 saturated heterocycles. The maximum atomic E-state index is 11.1. The van der Waals surface area contributed by atoms with Crippen LogP contribution in [0.2, 0.25) is 5.02 Å². The van der Waals surface area contributed by atoms with Crippen LogP contribution in [0, 0.1) is 5.92 Å². The smallest absolute Gasteiger partial charge is 0.306 e. The number of hydrogen-bond acceptors (Lipinski definition) is 4. The molecule has 1 aromatic carbocycles. The quantitative estimate of drug-likeness (QED) is 0.745. The number of likely N-dealkylation sites (tertiary alicyclic amines) is 1. The number of aromatic nitrogens is 1. The largest absolute Gasteiger partial charge is 0.481 e. The molecule has 2 aromatic rings. The number of carbonyl (C=O) groups is 1. The Balaban J connectivity index is 1.77. The van der Waals surface area contributed by atoms with Gasteiger partial charge in [-0.15, -0.1) is 0 Å². The van der Waals surface area contributed by atoms with Crippen molar-refractivity contribution in [2.45, 2.75) is 19.4 Å². The van der Waals surface area contributed by atoms with Gasteiger partial charge in [0.05, 0.1) is 23.7 Å². The Bertz CT molecular complexity index is 807. The molecule has 138 valence electrons. The van der Waals surface area contributed by atoms with Gasteiger partial charge in [0.15, 0.2) is 0 Å². The van der Waals surface area contributed by atoms with E-state index >= 15 is 0 Å². The molecule has 1 aliphatic rings. The molecule has 1 fully saturated rings. The number of aliphatic carboxylic acids is 1. The van der Waals surface area contributed by atoms with Gasteiger partial charge < -0.3 is 9.84 Å². The van der Waals surface area contributed by atoms with Crippen molar-refractivity contribution in [3.63, 3.8) is 0 Å². The van der Waals surface area contributed by atoms with E-state index in [0.717, 1.165) is 34.4 Å². The molecule has 1 aliphatic heterocycles. The van der Waals surface area contributed by atoms with Gasteiger partial charge in [-0.1, -0.05) is 29.8 Å². The first-order valence-electron chi connectivity index (χ1n) is 8.43. The highest BCUT2D eigenvalue weighted by Gasteiger charge is 2.25. The summed E-state index contributed by atoms with van der Waals surface area (Å²) in [5.74, 6) is -0.356. The lowest BCUT2D eigenvalue weighted by atomic mass is 9.97. The van der Waals surface area contributed by atoms with Gasteiger partial charge in [0.25, 0.3) is 0 Å². The van der Waals surface area contributed by atoms with E-state index in [-0.39, 0.29) is 5.92 Å². The van der Waals surface area contributed by atoms with E-state index in [9.17, 15) is 4.79 Å². The summed E-state index contributed by atoms with van der Waals surface area (Å²) in [4.78, 5) is 17.9. The number of carboxylic acid groups (broad SMARTS) is 1. The number of methoxy groups -OCH3 is 1. The number of halogens is 2. The molecular weight excluding hydrogens is 420 g/mol. The van der Waals surface area contributed by atoms with Crippen molar-refractivity contribution in [3.8, 4) is 17.1 Å². The standard InChI is InChI=1S/C19H20BrClN2O3/c1-26-18-13(11-23-9-7-12(8-10-23)19(24)25)5-6-16(22-18)14-3-2-4-15(20)17(14)21/h2-6,12H,7-11H2,1H3,(H,24,25). The Morgan fingerprint density at radius 1 is 1.35 bits per heavy atom. The van der Waals surface area contributed by atoms with Gasteiger partial charge in [0.1, 0.15) is 0 Å². The van der Waals surface area contributed by atoms with Crippen LogP contribution in [0.15, 0.2) is 34.8 Å². The van der Waals surface area contributed by atoms with Crippen LogP contribution >= 0.6 is 27.5 Å². The average molecular weight is 440 g/mol. The minimum atomic E-state index is -0.695. The zero-order valence-electron chi connectivity index (χ0n) is 14.4. The van der Waals surface area contributed by atoms with Crippen LogP contribution in [0.1, 0.15) is 18.4 Å². The highest BCUT2D eigenvalue weighted by Crippen LogP contribution is 2.34. The SMILES string of the molecule is COc1nc(-c2cccc(Br)c2Cl)ccc1CN1CCC(C(=O)O)CC1. The van der Waals surface area contributed by atoms with Gasteiger partial charge >= 0.3 is 5.97 Å². The summed E-state index contributed by atoms with van der Waals surface area (Å²) in [5, 5.41) is 9.73. The Morgan fingerprint density at radius 3 is 2.73 bits per heavy atom. The van der Waals surface area contributed by atoms with Crippen LogP contribution in [0.4, 0.5) is 0 Å². The molecule has 0 unspecified atom stereocenters. The van der Waals surface area contributed by atoms with Crippen molar-refractivity contribution >= 4 is 33.5 Å². The molecule has 0 saturated carbocycles. The Hall–Kier alpha value is -1.63. The van der Waals surface area contributed by atoms with Crippen LogP contribution in [0.3, 0.4) is 0 Å². The molecule has 2 heterocycles. The van der Waals surface area contributed by atoms with Crippen molar-refractivity contribution in [2.75, 3.05) is 20.2 Å². The predicted molar refractivity (Wildman–Crippen MR) is 105 cm³/mol. The number of benzene rings is 1. The molecular formula is C19H20BrClN2O3. The lowest BCUT2D eigenvalue weighted by Crippen LogP contribution is -2.35. The summed E-state index contributed by atoms with van der Waals surface area (Å²) in [6.07, 6.45) is 1.35. The third-order valence-electron chi connectivity index (χ3n) is 4.69. The van der Waals surface area contributed by atoms with Crippen LogP contribution < -0.4 is 4.74 Å². The minimum absolute atomic E-state index is 0.229. The van der Waals surface area contributed by atoms with Crippen molar-refractivity contribution in [1.82, 2.24) is 9.88 Å². The van der Waals surface area contributed by atoms with E-state index in [2.05, 4.69) is 25.8 Å². The molecule has 0 amide bonds. The number of piperidine rings is 1. The minimum Gasteiger partial charge on any atom is -0.481 e. The number of carboxylic acids is 1. The fourth-order valence-corrected chi connectivity index (χ4v) is 3.79. The third kappa shape index (κ3) is 4.19. The molecule has 7 heteroatoms. The predicted octanol–water partition coefficient (Wildman–Crippen LogP) is 4.47. The van der Waals surface area contributed by atoms with E-state index in [4.69, 9.17) is 21.4 Å². The number of ether oxygens (including phenoxy) is 1. The number of nitrogens with zero attached hydrogens (tertiary/aromatic N) is 2. The maximum absolute atomic E-state index is 11.1. The van der Waals surface area contributed by atoms with E-state index in [1.54, 1.807) is 7.11 Å². The van der Waals surface area contributed by atoms with Gasteiger partial charge in [0.2, 0.25) is 5.88 Å². The van der Waals surface area contributed by atoms with Crippen LogP contribution in [0.5, 0.6) is 5.88 Å². The van der Waals surface area contributed by atoms with Gasteiger partial charge in [-0.3, -0.25) is 9.69 Å². The summed E-state index contributed by atoms with van der Waals surface area (Å²) in [7, 11) is 1.61. The van der Waals surface area contributed by atoms with E-state index in [1.165, 1.54) is 0 Å². The number of rotatable bonds is 5. The highest BCUT2D eigenvalue weighted by atomic mass is 79.9. The summed E-state index contributed by atoms with van der Waals surface area (Å²) in [5.41, 5.74) is 2.57. The van der Waals surface area contributed by atoms with E-state index < -0.39 is 5.97 Å². The first-order chi connectivity index (χ1) is 12.5. The zero-order chi connectivity index (χ0) is 18.7. The molecule has 0 atom stereocenters. The summed E-state index contributed by atoms with van der Waals surface area (Å²) in [6, 6.07) is 9.67. The maximum Gasteiger partial charge on any atom is 0.306 e. The fraction of sp³-hybridized carbons (Fsp3) is 0.368. The average Bonchev–Trinajstić information content (AvgIpc) is 2.65. The third-order valence-corrected chi connectivity index (χ3v) is 5.99. The lowest BCUT2D eigenvalue weighted by molar-refractivity contribution is -0.143. The summed E-state index contributed by atoms with van der Waals surface area (Å²) < 4.78 is 6.31. The Morgan fingerprint density at radius 2 is 2.08 bits per heavy atom. The molecule has 1 N–H and O–H groups in total. The summed E-state index contributed by atoms with van der Waals surface area (Å²) in [6.45, 7) is 2.22. The molecule has 0 spiro atoms. The zero-order valence-corrected chi connectivity index (χ0v) is 16.8. The topological polar surface area (TPSA) is 62.7 Å². The highest BCUT2D eigenvalue weighted by molar-refractivity contribution is 9.10. The molecule has 0 radical (unpaired) electrons. The molecule has 0 bridgehead atoms. The van der Waals surface area contributed by atoms with Crippen LogP contribution in [-0.4, -0.2) is 41.2 Å². The Kier molecular flexibility index (Phi) is 6.16. The van der Waals surface area contributed by atoms with E-state index in [0.29, 0.717) is 30.3 Å². The molecule has 0 aliphatic carbocycles. The van der Waals surface area contributed by atoms with Crippen molar-refractivity contribution in [1.29, 1.82) is 0 Å². The van der Waals surface area contributed by atoms with Crippen LogP contribution in [0.25, 0.3) is 11.3 Å². The van der Waals surface area contributed by atoms with E-state index in [1.807, 2.05) is 30.3 Å². The van der Waals surface area contributed by atoms with Gasteiger partial charge in [0, 0.05) is 22.1 Å². The fourth-order valence-electron chi connectivity index (χ4n) is 3.20. The first-order valence-corrected chi connectivity index (χ1v) is 9.60. The molecule has 5 nitrogen and oxygen atoms in total. The normalized spacial score (nSPS) is 15.8. The second-order valence-corrected chi connectivity index (χ2v) is 7.59. The first kappa shape index (κ1) is 19.1. The molecule has 26 heavy (non-hydrogen) atoms. The second kappa shape index (κ2) is 8.37.